The van der Waals surface area contributed by atoms with E-state index < -0.39 is 0 Å². The van der Waals surface area contributed by atoms with Crippen molar-refractivity contribution in [3.63, 3.8) is 0 Å². The summed E-state index contributed by atoms with van der Waals surface area (Å²) in [5.41, 5.74) is 5.76. The minimum atomic E-state index is -0.236. The zero-order valence-corrected chi connectivity index (χ0v) is 24.5. The van der Waals surface area contributed by atoms with E-state index in [-0.39, 0.29) is 5.43 Å². The van der Waals surface area contributed by atoms with E-state index in [1.54, 1.807) is 37.7 Å². The van der Waals surface area contributed by atoms with Crippen LogP contribution in [-0.2, 0) is 19.4 Å². The molecule has 0 saturated carbocycles. The van der Waals surface area contributed by atoms with Crippen LogP contribution in [-0.4, -0.2) is 46.7 Å². The highest BCUT2D eigenvalue weighted by atomic mass is 35.5. The number of hydrogen-bond donors (Lipinski definition) is 1. The smallest absolute Gasteiger partial charge is 0.229 e. The molecule has 41 heavy (non-hydrogen) atoms. The van der Waals surface area contributed by atoms with E-state index in [9.17, 15) is 4.79 Å². The maximum Gasteiger partial charge on any atom is 0.229 e. The molecular weight excluding hydrogens is 557 g/mol. The molecule has 0 spiro atoms. The van der Waals surface area contributed by atoms with Crippen LogP contribution in [0.5, 0.6) is 5.75 Å². The van der Waals surface area contributed by atoms with Gasteiger partial charge in [0, 0.05) is 41.8 Å². The lowest BCUT2D eigenvalue weighted by atomic mass is 10.1. The summed E-state index contributed by atoms with van der Waals surface area (Å²) in [4.78, 5) is 25.4. The minimum absolute atomic E-state index is 0.236. The van der Waals surface area contributed by atoms with E-state index in [1.165, 1.54) is 11.1 Å². The van der Waals surface area contributed by atoms with Crippen LogP contribution in [0.25, 0.3) is 22.2 Å². The van der Waals surface area contributed by atoms with Crippen molar-refractivity contribution < 1.29 is 4.74 Å². The second kappa shape index (κ2) is 11.2. The summed E-state index contributed by atoms with van der Waals surface area (Å²) in [6.07, 6.45) is 5.40. The predicted molar refractivity (Wildman–Crippen MR) is 166 cm³/mol. The zero-order chi connectivity index (χ0) is 28.7. The quantitative estimate of drug-likeness (QED) is 0.232. The molecule has 3 aromatic carbocycles. The fourth-order valence-corrected chi connectivity index (χ4v) is 5.98. The maximum absolute atomic E-state index is 13.8. The summed E-state index contributed by atoms with van der Waals surface area (Å²) in [7, 11) is 5.88. The van der Waals surface area contributed by atoms with E-state index in [0.29, 0.717) is 50.7 Å². The molecule has 1 aliphatic carbocycles. The SMILES string of the molecule is COc1ccc(Cn2cc(-c3c(Cl)cccc3Cl)c(=O)c3cnc(Nc4ccc5c(c4)CC(N(C)C)C5)nc32)cc1. The second-order valence-electron chi connectivity index (χ2n) is 10.5. The van der Waals surface area contributed by atoms with Crippen molar-refractivity contribution in [1.82, 2.24) is 19.4 Å². The van der Waals surface area contributed by atoms with Gasteiger partial charge in [-0.15, -0.1) is 0 Å². The van der Waals surface area contributed by atoms with Gasteiger partial charge in [0.1, 0.15) is 11.4 Å². The Balaban J connectivity index is 1.43. The van der Waals surface area contributed by atoms with Gasteiger partial charge in [-0.05, 0) is 80.0 Å². The van der Waals surface area contributed by atoms with Crippen LogP contribution in [0.2, 0.25) is 10.0 Å². The number of halogens is 2. The number of aromatic nitrogens is 3. The third-order valence-corrected chi connectivity index (χ3v) is 8.29. The normalized spacial score (nSPS) is 14.4. The average Bonchev–Trinajstić information content (AvgIpc) is 3.40. The third kappa shape index (κ3) is 5.40. The van der Waals surface area contributed by atoms with Crippen molar-refractivity contribution in [3.05, 3.63) is 110 Å². The van der Waals surface area contributed by atoms with E-state index in [2.05, 4.69) is 47.5 Å². The van der Waals surface area contributed by atoms with E-state index >= 15 is 0 Å². The topological polar surface area (TPSA) is 72.3 Å². The lowest BCUT2D eigenvalue weighted by molar-refractivity contribution is 0.303. The number of anilines is 2. The Labute approximate surface area is 248 Å². The Hall–Kier alpha value is -3.91. The first-order valence-corrected chi connectivity index (χ1v) is 14.1. The lowest BCUT2D eigenvalue weighted by Crippen LogP contribution is -2.27. The van der Waals surface area contributed by atoms with E-state index in [0.717, 1.165) is 29.8 Å². The molecule has 1 N–H and O–H groups in total. The summed E-state index contributed by atoms with van der Waals surface area (Å²) in [6, 6.07) is 19.9. The largest absolute Gasteiger partial charge is 0.497 e. The van der Waals surface area contributed by atoms with Crippen LogP contribution in [0.15, 0.2) is 77.9 Å². The molecule has 0 amide bonds. The number of fused-ring (bicyclic) bond motifs is 2. The number of likely N-dealkylation sites (N-methyl/N-ethyl adjacent to an activating group) is 1. The van der Waals surface area contributed by atoms with Gasteiger partial charge in [0.15, 0.2) is 0 Å². The molecule has 1 aliphatic rings. The Bertz CT molecular complexity index is 1800. The minimum Gasteiger partial charge on any atom is -0.497 e. The van der Waals surface area contributed by atoms with Crippen molar-refractivity contribution in [2.45, 2.75) is 25.4 Å². The molecule has 2 heterocycles. The Morgan fingerprint density at radius 2 is 1.76 bits per heavy atom. The van der Waals surface area contributed by atoms with Gasteiger partial charge in [-0.1, -0.05) is 47.5 Å². The van der Waals surface area contributed by atoms with Crippen LogP contribution in [0.4, 0.5) is 11.6 Å². The number of nitrogens with zero attached hydrogens (tertiary/aromatic N) is 4. The van der Waals surface area contributed by atoms with Crippen molar-refractivity contribution >= 4 is 45.9 Å². The highest BCUT2D eigenvalue weighted by molar-refractivity contribution is 6.39. The first-order chi connectivity index (χ1) is 19.8. The number of pyridine rings is 1. The molecule has 9 heteroatoms. The van der Waals surface area contributed by atoms with Gasteiger partial charge in [-0.25, -0.2) is 4.98 Å². The molecule has 7 nitrogen and oxygen atoms in total. The van der Waals surface area contributed by atoms with E-state index in [4.69, 9.17) is 32.9 Å². The number of ether oxygens (including phenoxy) is 1. The molecule has 0 radical (unpaired) electrons. The molecular formula is C32H29Cl2N5O2. The zero-order valence-electron chi connectivity index (χ0n) is 23.0. The monoisotopic (exact) mass is 585 g/mol. The second-order valence-corrected chi connectivity index (χ2v) is 11.3. The number of benzene rings is 3. The van der Waals surface area contributed by atoms with Crippen LogP contribution >= 0.6 is 23.2 Å². The molecule has 1 atom stereocenters. The van der Waals surface area contributed by atoms with Gasteiger partial charge in [0.25, 0.3) is 0 Å². The van der Waals surface area contributed by atoms with Gasteiger partial charge in [0.2, 0.25) is 11.4 Å². The number of nitrogens with one attached hydrogen (secondary N) is 1. The molecule has 0 saturated heterocycles. The number of hydrogen-bond acceptors (Lipinski definition) is 6. The van der Waals surface area contributed by atoms with Crippen LogP contribution in [0.3, 0.4) is 0 Å². The molecule has 2 aromatic heterocycles. The summed E-state index contributed by atoms with van der Waals surface area (Å²) in [5, 5.41) is 4.53. The summed E-state index contributed by atoms with van der Waals surface area (Å²) < 4.78 is 7.25. The fourth-order valence-electron chi connectivity index (χ4n) is 5.38. The highest BCUT2D eigenvalue weighted by Gasteiger charge is 2.23. The van der Waals surface area contributed by atoms with Gasteiger partial charge < -0.3 is 19.5 Å². The first kappa shape index (κ1) is 27.3. The highest BCUT2D eigenvalue weighted by Crippen LogP contribution is 2.34. The fraction of sp³-hybridized carbons (Fsp3) is 0.219. The first-order valence-electron chi connectivity index (χ1n) is 13.3. The van der Waals surface area contributed by atoms with Gasteiger partial charge in [0.05, 0.1) is 22.5 Å². The van der Waals surface area contributed by atoms with Crippen molar-refractivity contribution in [1.29, 1.82) is 0 Å². The van der Waals surface area contributed by atoms with E-state index in [1.807, 2.05) is 28.8 Å². The van der Waals surface area contributed by atoms with Gasteiger partial charge in [-0.2, -0.15) is 4.98 Å². The molecule has 5 aromatic rings. The van der Waals surface area contributed by atoms with Crippen LogP contribution in [0, 0.1) is 0 Å². The average molecular weight is 587 g/mol. The Kier molecular flexibility index (Phi) is 7.43. The molecule has 208 valence electrons. The Morgan fingerprint density at radius 3 is 2.46 bits per heavy atom. The summed E-state index contributed by atoms with van der Waals surface area (Å²) in [5.74, 6) is 1.17. The number of rotatable bonds is 7. The summed E-state index contributed by atoms with van der Waals surface area (Å²) >= 11 is 13.0. The molecule has 0 fully saturated rings. The van der Waals surface area contributed by atoms with Gasteiger partial charge in [-0.3, -0.25) is 4.79 Å². The van der Waals surface area contributed by atoms with Crippen LogP contribution in [0.1, 0.15) is 16.7 Å². The lowest BCUT2D eigenvalue weighted by Gasteiger charge is -2.17. The van der Waals surface area contributed by atoms with Gasteiger partial charge >= 0.3 is 0 Å². The maximum atomic E-state index is 13.8. The number of methoxy groups -OCH3 is 1. The third-order valence-electron chi connectivity index (χ3n) is 7.66. The molecule has 1 unspecified atom stereocenters. The van der Waals surface area contributed by atoms with Crippen LogP contribution < -0.4 is 15.5 Å². The summed E-state index contributed by atoms with van der Waals surface area (Å²) in [6.45, 7) is 0.455. The Morgan fingerprint density at radius 1 is 1.02 bits per heavy atom. The van der Waals surface area contributed by atoms with Crippen molar-refractivity contribution in [2.75, 3.05) is 26.5 Å². The molecule has 6 rings (SSSR count). The van der Waals surface area contributed by atoms with Crippen molar-refractivity contribution in [3.8, 4) is 16.9 Å². The van der Waals surface area contributed by atoms with Crippen molar-refractivity contribution in [2.24, 2.45) is 0 Å². The molecule has 0 aliphatic heterocycles. The predicted octanol–water partition coefficient (Wildman–Crippen LogP) is 6.59. The standard InChI is InChI=1S/C32H29Cl2N5O2/c1-38(2)23-14-20-9-10-22(13-21(20)15-23)36-32-35-16-25-30(40)26(29-27(33)5-4-6-28(29)34)18-39(31(25)37-32)17-19-7-11-24(41-3)12-8-19/h4-13,16,18,23H,14-15,17H2,1-3H3,(H,35,36,37). The molecule has 0 bridgehead atoms.